The van der Waals surface area contributed by atoms with Gasteiger partial charge >= 0.3 is 0 Å². The second-order valence-corrected chi connectivity index (χ2v) is 9.90. The fourth-order valence-corrected chi connectivity index (χ4v) is 5.81. The Morgan fingerprint density at radius 2 is 1.79 bits per heavy atom. The number of methoxy groups -OCH3 is 2. The van der Waals surface area contributed by atoms with Gasteiger partial charge in [0.25, 0.3) is 5.91 Å². The van der Waals surface area contributed by atoms with Crippen LogP contribution in [0.3, 0.4) is 0 Å². The van der Waals surface area contributed by atoms with E-state index in [0.717, 1.165) is 29.9 Å². The fourth-order valence-electron chi connectivity index (χ4n) is 4.51. The largest absolute Gasteiger partial charge is 0.497 e. The first-order valence-corrected chi connectivity index (χ1v) is 12.1. The maximum Gasteiger partial charge on any atom is 0.253 e. The molecular formula is C25H29FN2O4S. The number of carbonyl (C=O) groups is 2. The molecule has 8 heteroatoms. The molecule has 2 aliphatic heterocycles. The van der Waals surface area contributed by atoms with Crippen LogP contribution in [0.1, 0.15) is 41.1 Å². The van der Waals surface area contributed by atoms with Crippen LogP contribution in [0.5, 0.6) is 11.5 Å². The zero-order chi connectivity index (χ0) is 23.5. The van der Waals surface area contributed by atoms with E-state index in [4.69, 9.17) is 9.47 Å². The zero-order valence-corrected chi connectivity index (χ0v) is 19.9. The monoisotopic (exact) mass is 472 g/mol. The first-order chi connectivity index (χ1) is 15.9. The second-order valence-electron chi connectivity index (χ2n) is 8.47. The van der Waals surface area contributed by atoms with E-state index in [2.05, 4.69) is 0 Å². The van der Waals surface area contributed by atoms with E-state index in [9.17, 15) is 14.0 Å². The molecule has 2 amide bonds. The highest BCUT2D eigenvalue weighted by atomic mass is 32.2. The molecule has 2 aromatic carbocycles. The van der Waals surface area contributed by atoms with Crippen LogP contribution in [0.25, 0.3) is 0 Å². The highest BCUT2D eigenvalue weighted by molar-refractivity contribution is 8.01. The first kappa shape index (κ1) is 23.4. The van der Waals surface area contributed by atoms with Gasteiger partial charge in [-0.1, -0.05) is 0 Å². The van der Waals surface area contributed by atoms with Gasteiger partial charge in [0, 0.05) is 30.8 Å². The number of halogens is 1. The number of hydrogen-bond acceptors (Lipinski definition) is 5. The van der Waals surface area contributed by atoms with Gasteiger partial charge in [0.15, 0.2) is 0 Å². The normalized spacial score (nSPS) is 21.4. The Bertz CT molecular complexity index is 1010. The molecule has 0 N–H and O–H groups in total. The number of likely N-dealkylation sites (tertiary alicyclic amines) is 1. The molecule has 33 heavy (non-hydrogen) atoms. The van der Waals surface area contributed by atoms with Crippen LogP contribution < -0.4 is 9.47 Å². The van der Waals surface area contributed by atoms with Gasteiger partial charge in [-0.3, -0.25) is 9.59 Å². The third kappa shape index (κ3) is 4.95. The third-order valence-electron chi connectivity index (χ3n) is 6.40. The van der Waals surface area contributed by atoms with Crippen molar-refractivity contribution in [3.8, 4) is 11.5 Å². The van der Waals surface area contributed by atoms with E-state index >= 15 is 0 Å². The number of thioether (sulfide) groups is 1. The SMILES string of the molecule is COc1ccc(OC)c([C@H]2S[C@H](C)C(=O)N2CC2CCN(C(=O)c3ccc(F)cc3)CC2)c1. The Balaban J connectivity index is 1.44. The average molecular weight is 473 g/mol. The van der Waals surface area contributed by atoms with Crippen LogP contribution in [-0.2, 0) is 4.79 Å². The quantitative estimate of drug-likeness (QED) is 0.625. The minimum atomic E-state index is -0.352. The number of carbonyl (C=O) groups excluding carboxylic acids is 2. The van der Waals surface area contributed by atoms with Crippen molar-refractivity contribution in [3.05, 3.63) is 59.4 Å². The molecule has 6 nitrogen and oxygen atoms in total. The number of rotatable bonds is 6. The van der Waals surface area contributed by atoms with Crippen molar-refractivity contribution >= 4 is 23.6 Å². The standard InChI is InChI=1S/C25H29FN2O4S/c1-16-23(29)28(25(33-16)21-14-20(31-2)8-9-22(21)32-3)15-17-10-12-27(13-11-17)24(30)18-4-6-19(26)7-5-18/h4-9,14,16-17,25H,10-13,15H2,1-3H3/t16-,25-/m1/s1. The molecule has 4 rings (SSSR count). The topological polar surface area (TPSA) is 59.1 Å². The molecule has 0 spiro atoms. The summed E-state index contributed by atoms with van der Waals surface area (Å²) < 4.78 is 24.2. The number of piperidine rings is 1. The Hall–Kier alpha value is -2.74. The van der Waals surface area contributed by atoms with E-state index in [-0.39, 0.29) is 28.3 Å². The average Bonchev–Trinajstić information content (AvgIpc) is 3.12. The number of amides is 2. The molecule has 0 aliphatic carbocycles. The molecular weight excluding hydrogens is 443 g/mol. The molecule has 0 saturated carbocycles. The number of benzene rings is 2. The fraction of sp³-hybridized carbons (Fsp3) is 0.440. The maximum atomic E-state index is 13.2. The molecule has 2 aliphatic rings. The summed E-state index contributed by atoms with van der Waals surface area (Å²) in [5, 5.41) is -0.275. The van der Waals surface area contributed by atoms with Crippen molar-refractivity contribution in [1.82, 2.24) is 9.80 Å². The van der Waals surface area contributed by atoms with Gasteiger partial charge in [0.05, 0.1) is 19.5 Å². The minimum Gasteiger partial charge on any atom is -0.497 e. The Morgan fingerprint density at radius 3 is 2.42 bits per heavy atom. The van der Waals surface area contributed by atoms with Crippen LogP contribution in [0.4, 0.5) is 4.39 Å². The maximum absolute atomic E-state index is 13.2. The van der Waals surface area contributed by atoms with Crippen LogP contribution in [-0.4, -0.2) is 60.7 Å². The number of nitrogens with zero attached hydrogens (tertiary/aromatic N) is 2. The Kier molecular flexibility index (Phi) is 7.12. The van der Waals surface area contributed by atoms with Gasteiger partial charge in [-0.25, -0.2) is 4.39 Å². The molecule has 2 fully saturated rings. The van der Waals surface area contributed by atoms with Crippen molar-refractivity contribution in [2.75, 3.05) is 33.9 Å². The number of ether oxygens (including phenoxy) is 2. The van der Waals surface area contributed by atoms with Crippen LogP contribution in [0.2, 0.25) is 0 Å². The molecule has 0 bridgehead atoms. The lowest BCUT2D eigenvalue weighted by Crippen LogP contribution is -2.42. The molecule has 176 valence electrons. The lowest BCUT2D eigenvalue weighted by atomic mass is 9.95. The summed E-state index contributed by atoms with van der Waals surface area (Å²) in [7, 11) is 3.26. The van der Waals surface area contributed by atoms with E-state index < -0.39 is 0 Å². The first-order valence-electron chi connectivity index (χ1n) is 11.1. The third-order valence-corrected chi connectivity index (χ3v) is 7.77. The smallest absolute Gasteiger partial charge is 0.253 e. The summed E-state index contributed by atoms with van der Waals surface area (Å²) in [5.74, 6) is 1.46. The van der Waals surface area contributed by atoms with E-state index in [1.807, 2.05) is 34.9 Å². The van der Waals surface area contributed by atoms with Crippen LogP contribution >= 0.6 is 11.8 Å². The lowest BCUT2D eigenvalue weighted by molar-refractivity contribution is -0.130. The van der Waals surface area contributed by atoms with Crippen molar-refractivity contribution in [3.63, 3.8) is 0 Å². The van der Waals surface area contributed by atoms with E-state index in [0.29, 0.717) is 31.1 Å². The summed E-state index contributed by atoms with van der Waals surface area (Å²) in [5.41, 5.74) is 1.43. The predicted octanol–water partition coefficient (Wildman–Crippen LogP) is 4.36. The number of hydrogen-bond donors (Lipinski definition) is 0. The summed E-state index contributed by atoms with van der Waals surface area (Å²) in [6.45, 7) is 3.83. The molecule has 0 aromatic heterocycles. The van der Waals surface area contributed by atoms with Gasteiger partial charge < -0.3 is 19.3 Å². The highest BCUT2D eigenvalue weighted by Gasteiger charge is 2.41. The second kappa shape index (κ2) is 10.0. The van der Waals surface area contributed by atoms with Gasteiger partial charge in [0.2, 0.25) is 5.91 Å². The van der Waals surface area contributed by atoms with Gasteiger partial charge in [-0.2, -0.15) is 0 Å². The minimum absolute atomic E-state index is 0.0751. The van der Waals surface area contributed by atoms with Crippen molar-refractivity contribution in [2.45, 2.75) is 30.4 Å². The van der Waals surface area contributed by atoms with Crippen LogP contribution in [0.15, 0.2) is 42.5 Å². The highest BCUT2D eigenvalue weighted by Crippen LogP contribution is 2.47. The summed E-state index contributed by atoms with van der Waals surface area (Å²) in [4.78, 5) is 29.5. The van der Waals surface area contributed by atoms with Crippen molar-refractivity contribution in [2.24, 2.45) is 5.92 Å². The van der Waals surface area contributed by atoms with Gasteiger partial charge in [-0.15, -0.1) is 11.8 Å². The lowest BCUT2D eigenvalue weighted by Gasteiger charge is -2.35. The summed E-state index contributed by atoms with van der Waals surface area (Å²) >= 11 is 1.62. The summed E-state index contributed by atoms with van der Waals surface area (Å²) in [6, 6.07) is 11.3. The zero-order valence-electron chi connectivity index (χ0n) is 19.1. The molecule has 0 radical (unpaired) electrons. The van der Waals surface area contributed by atoms with E-state index in [1.54, 1.807) is 26.0 Å². The summed E-state index contributed by atoms with van der Waals surface area (Å²) in [6.07, 6.45) is 1.63. The van der Waals surface area contributed by atoms with Gasteiger partial charge in [0.1, 0.15) is 22.7 Å². The molecule has 2 aromatic rings. The molecule has 0 unspecified atom stereocenters. The van der Waals surface area contributed by atoms with E-state index in [1.165, 1.54) is 24.3 Å². The molecule has 2 heterocycles. The van der Waals surface area contributed by atoms with Gasteiger partial charge in [-0.05, 0) is 68.1 Å². The molecule has 2 saturated heterocycles. The van der Waals surface area contributed by atoms with Crippen molar-refractivity contribution < 1.29 is 23.5 Å². The Labute approximate surface area is 198 Å². The van der Waals surface area contributed by atoms with Crippen molar-refractivity contribution in [1.29, 1.82) is 0 Å². The van der Waals surface area contributed by atoms with Crippen LogP contribution in [0, 0.1) is 11.7 Å². The predicted molar refractivity (Wildman–Crippen MR) is 126 cm³/mol. The Morgan fingerprint density at radius 1 is 1.09 bits per heavy atom. The molecule has 2 atom stereocenters.